The summed E-state index contributed by atoms with van der Waals surface area (Å²) < 4.78 is 19.9. The van der Waals surface area contributed by atoms with Gasteiger partial charge < -0.3 is 10.1 Å². The van der Waals surface area contributed by atoms with Crippen molar-refractivity contribution in [2.24, 2.45) is 0 Å². The summed E-state index contributed by atoms with van der Waals surface area (Å²) >= 11 is 3.34. The van der Waals surface area contributed by atoms with Gasteiger partial charge in [-0.15, -0.1) is 0 Å². The fraction of sp³-hybridized carbons (Fsp3) is 0.294. The largest absolute Gasteiger partial charge is 0.494 e. The average molecular weight is 352 g/mol. The molecule has 21 heavy (non-hydrogen) atoms. The lowest BCUT2D eigenvalue weighted by molar-refractivity contribution is 0.317. The van der Waals surface area contributed by atoms with Crippen LogP contribution in [0.2, 0.25) is 0 Å². The second kappa shape index (κ2) is 7.57. The summed E-state index contributed by atoms with van der Waals surface area (Å²) in [5.74, 6) is 0.610. The number of nitrogens with one attached hydrogen (secondary N) is 1. The molecule has 2 nitrogen and oxygen atoms in total. The topological polar surface area (TPSA) is 21.3 Å². The van der Waals surface area contributed by atoms with Gasteiger partial charge in [0.25, 0.3) is 0 Å². The summed E-state index contributed by atoms with van der Waals surface area (Å²) in [4.78, 5) is 0. The predicted molar refractivity (Wildman–Crippen MR) is 87.2 cm³/mol. The molecule has 2 aromatic carbocycles. The normalized spacial score (nSPS) is 12.2. The number of rotatable bonds is 6. The molecule has 0 amide bonds. The first-order valence-corrected chi connectivity index (χ1v) is 7.79. The molecule has 1 atom stereocenters. The van der Waals surface area contributed by atoms with Gasteiger partial charge in [0.15, 0.2) is 0 Å². The molecule has 1 unspecified atom stereocenters. The quantitative estimate of drug-likeness (QED) is 0.815. The lowest BCUT2D eigenvalue weighted by atomic mass is 9.99. The average Bonchev–Trinajstić information content (AvgIpc) is 2.46. The molecule has 2 aromatic rings. The highest BCUT2D eigenvalue weighted by Crippen LogP contribution is 2.27. The zero-order chi connectivity index (χ0) is 15.2. The van der Waals surface area contributed by atoms with E-state index in [1.54, 1.807) is 6.07 Å². The molecule has 4 heteroatoms. The molecule has 0 aromatic heterocycles. The third-order valence-electron chi connectivity index (χ3n) is 3.19. The molecular formula is C17H19BrFNO. The maximum Gasteiger partial charge on any atom is 0.124 e. The van der Waals surface area contributed by atoms with Crippen LogP contribution in [0, 0.1) is 5.82 Å². The van der Waals surface area contributed by atoms with E-state index >= 15 is 0 Å². The molecule has 0 heterocycles. The number of halogens is 2. The summed E-state index contributed by atoms with van der Waals surface area (Å²) in [6.45, 7) is 2.79. The molecule has 0 radical (unpaired) electrons. The van der Waals surface area contributed by atoms with Crippen molar-refractivity contribution < 1.29 is 9.13 Å². The Morgan fingerprint density at radius 3 is 2.43 bits per heavy atom. The minimum atomic E-state index is -0.248. The minimum absolute atomic E-state index is 0.0581. The first kappa shape index (κ1) is 16.0. The number of benzene rings is 2. The summed E-state index contributed by atoms with van der Waals surface area (Å²) in [5, 5.41) is 3.22. The standard InChI is InChI=1S/C17H19BrFNO/c1-3-8-21-16-6-4-12(5-7-16)17(20-2)13-9-14(18)11-15(19)10-13/h4-7,9-11,17,20H,3,8H2,1-2H3. The van der Waals surface area contributed by atoms with Crippen LogP contribution < -0.4 is 10.1 Å². The van der Waals surface area contributed by atoms with E-state index in [-0.39, 0.29) is 11.9 Å². The first-order valence-electron chi connectivity index (χ1n) is 7.00. The summed E-state index contributed by atoms with van der Waals surface area (Å²) in [6.07, 6.45) is 0.984. The van der Waals surface area contributed by atoms with Crippen LogP contribution in [-0.2, 0) is 0 Å². The third kappa shape index (κ3) is 4.29. The highest BCUT2D eigenvalue weighted by Gasteiger charge is 2.13. The van der Waals surface area contributed by atoms with E-state index in [1.165, 1.54) is 6.07 Å². The van der Waals surface area contributed by atoms with Gasteiger partial charge in [-0.25, -0.2) is 4.39 Å². The zero-order valence-electron chi connectivity index (χ0n) is 12.2. The van der Waals surface area contributed by atoms with Crippen molar-refractivity contribution in [1.82, 2.24) is 5.32 Å². The number of hydrogen-bond acceptors (Lipinski definition) is 2. The second-order valence-electron chi connectivity index (χ2n) is 4.84. The summed E-state index contributed by atoms with van der Waals surface area (Å²) in [6, 6.07) is 12.8. The van der Waals surface area contributed by atoms with Gasteiger partial charge in [0.05, 0.1) is 12.6 Å². The molecule has 0 fully saturated rings. The summed E-state index contributed by atoms with van der Waals surface area (Å²) in [7, 11) is 1.87. The van der Waals surface area contributed by atoms with Crippen LogP contribution >= 0.6 is 15.9 Å². The molecular weight excluding hydrogens is 333 g/mol. The Labute approximate surface area is 133 Å². The van der Waals surface area contributed by atoms with E-state index in [9.17, 15) is 4.39 Å². The fourth-order valence-electron chi connectivity index (χ4n) is 2.24. The van der Waals surface area contributed by atoms with Crippen LogP contribution in [0.25, 0.3) is 0 Å². The van der Waals surface area contributed by atoms with Crippen molar-refractivity contribution >= 4 is 15.9 Å². The second-order valence-corrected chi connectivity index (χ2v) is 5.76. The van der Waals surface area contributed by atoms with Crippen LogP contribution in [0.3, 0.4) is 0 Å². The highest BCUT2D eigenvalue weighted by atomic mass is 79.9. The van der Waals surface area contributed by atoms with E-state index in [0.717, 1.165) is 27.8 Å². The number of ether oxygens (including phenoxy) is 1. The number of hydrogen-bond donors (Lipinski definition) is 1. The van der Waals surface area contributed by atoms with E-state index in [0.29, 0.717) is 6.61 Å². The van der Waals surface area contributed by atoms with Gasteiger partial charge in [0.1, 0.15) is 11.6 Å². The third-order valence-corrected chi connectivity index (χ3v) is 3.65. The van der Waals surface area contributed by atoms with Crippen LogP contribution in [0.1, 0.15) is 30.5 Å². The van der Waals surface area contributed by atoms with Gasteiger partial charge in [0, 0.05) is 4.47 Å². The first-order chi connectivity index (χ1) is 10.1. The molecule has 0 spiro atoms. The monoisotopic (exact) mass is 351 g/mol. The molecule has 2 rings (SSSR count). The van der Waals surface area contributed by atoms with Crippen LogP contribution in [0.4, 0.5) is 4.39 Å². The molecule has 1 N–H and O–H groups in total. The molecule has 0 aliphatic carbocycles. The van der Waals surface area contributed by atoms with Crippen molar-refractivity contribution in [3.8, 4) is 5.75 Å². The van der Waals surface area contributed by atoms with Crippen molar-refractivity contribution in [1.29, 1.82) is 0 Å². The Hall–Kier alpha value is -1.39. The van der Waals surface area contributed by atoms with Crippen molar-refractivity contribution in [2.75, 3.05) is 13.7 Å². The molecule has 0 saturated heterocycles. The molecule has 0 aliphatic rings. The maximum atomic E-state index is 13.6. The van der Waals surface area contributed by atoms with Crippen LogP contribution in [0.15, 0.2) is 46.9 Å². The lowest BCUT2D eigenvalue weighted by Crippen LogP contribution is -2.17. The van der Waals surface area contributed by atoms with Crippen molar-refractivity contribution in [2.45, 2.75) is 19.4 Å². The molecule has 0 aliphatic heterocycles. The van der Waals surface area contributed by atoms with Crippen molar-refractivity contribution in [3.63, 3.8) is 0 Å². The van der Waals surface area contributed by atoms with E-state index < -0.39 is 0 Å². The Kier molecular flexibility index (Phi) is 5.76. The summed E-state index contributed by atoms with van der Waals surface area (Å²) in [5.41, 5.74) is 1.95. The maximum absolute atomic E-state index is 13.6. The lowest BCUT2D eigenvalue weighted by Gasteiger charge is -2.18. The predicted octanol–water partition coefficient (Wildman–Crippen LogP) is 4.69. The minimum Gasteiger partial charge on any atom is -0.494 e. The van der Waals surface area contributed by atoms with Crippen molar-refractivity contribution in [3.05, 3.63) is 63.9 Å². The van der Waals surface area contributed by atoms with Gasteiger partial charge in [0.2, 0.25) is 0 Å². The van der Waals surface area contributed by atoms with Gasteiger partial charge in [-0.1, -0.05) is 35.0 Å². The van der Waals surface area contributed by atoms with Gasteiger partial charge in [-0.3, -0.25) is 0 Å². The zero-order valence-corrected chi connectivity index (χ0v) is 13.8. The van der Waals surface area contributed by atoms with E-state index in [1.807, 2.05) is 37.4 Å². The Morgan fingerprint density at radius 1 is 1.14 bits per heavy atom. The Bertz CT molecular complexity index is 566. The molecule has 112 valence electrons. The fourth-order valence-corrected chi connectivity index (χ4v) is 2.73. The van der Waals surface area contributed by atoms with Gasteiger partial charge in [-0.05, 0) is 54.9 Å². The van der Waals surface area contributed by atoms with E-state index in [4.69, 9.17) is 4.74 Å². The Morgan fingerprint density at radius 2 is 1.86 bits per heavy atom. The van der Waals surface area contributed by atoms with Crippen LogP contribution in [0.5, 0.6) is 5.75 Å². The molecule has 0 bridgehead atoms. The van der Waals surface area contributed by atoms with Crippen LogP contribution in [-0.4, -0.2) is 13.7 Å². The highest BCUT2D eigenvalue weighted by molar-refractivity contribution is 9.10. The SMILES string of the molecule is CCCOc1ccc(C(NC)c2cc(F)cc(Br)c2)cc1. The smallest absolute Gasteiger partial charge is 0.124 e. The Balaban J connectivity index is 2.24. The van der Waals surface area contributed by atoms with E-state index in [2.05, 4.69) is 28.2 Å². The van der Waals surface area contributed by atoms with Gasteiger partial charge >= 0.3 is 0 Å². The molecule has 0 saturated carbocycles. The van der Waals surface area contributed by atoms with Gasteiger partial charge in [-0.2, -0.15) is 0 Å².